The molecule has 0 spiro atoms. The fourth-order valence-electron chi connectivity index (χ4n) is 4.12. The number of hydrogen-bond acceptors (Lipinski definition) is 5. The van der Waals surface area contributed by atoms with Gasteiger partial charge in [-0.1, -0.05) is 6.92 Å². The zero-order valence-corrected chi connectivity index (χ0v) is 15.9. The van der Waals surface area contributed by atoms with E-state index in [9.17, 15) is 14.4 Å². The molecule has 1 aromatic carbocycles. The van der Waals surface area contributed by atoms with Crippen LogP contribution in [0.25, 0.3) is 0 Å². The third kappa shape index (κ3) is 3.43. The quantitative estimate of drug-likeness (QED) is 0.698. The molecule has 2 unspecified atom stereocenters. The lowest BCUT2D eigenvalue weighted by Gasteiger charge is -2.36. The van der Waals surface area contributed by atoms with Crippen molar-refractivity contribution in [3.63, 3.8) is 0 Å². The zero-order valence-electron chi connectivity index (χ0n) is 15.9. The summed E-state index contributed by atoms with van der Waals surface area (Å²) < 4.78 is 5.86. The number of carbonyl (C=O) groups excluding carboxylic acids is 3. The standard InChI is InChI=1S/C20H27N3O4/c1-20(5-7-21)6-9-27-17-10-13-12-23(19(26)14(13)11-15(17)20)16(4-3-8-24)18(25)22-2/h8,10-11,16H,3-7,9,12,21H2,1-2H3,(H,22,25). The molecule has 2 heterocycles. The molecule has 3 N–H and O–H groups in total. The molecule has 7 nitrogen and oxygen atoms in total. The van der Waals surface area contributed by atoms with Gasteiger partial charge in [0, 0.05) is 36.6 Å². The van der Waals surface area contributed by atoms with Crippen LogP contribution in [0.15, 0.2) is 12.1 Å². The minimum Gasteiger partial charge on any atom is -0.493 e. The number of carbonyl (C=O) groups is 3. The van der Waals surface area contributed by atoms with Crippen molar-refractivity contribution in [2.45, 2.75) is 50.6 Å². The molecule has 0 fully saturated rings. The number of rotatable bonds is 7. The first-order chi connectivity index (χ1) is 12.9. The number of nitrogens with two attached hydrogens (primary N) is 1. The van der Waals surface area contributed by atoms with Crippen LogP contribution in [0.5, 0.6) is 5.75 Å². The van der Waals surface area contributed by atoms with E-state index in [0.29, 0.717) is 31.7 Å². The van der Waals surface area contributed by atoms with Crippen molar-refractivity contribution >= 4 is 18.1 Å². The summed E-state index contributed by atoms with van der Waals surface area (Å²) in [5.74, 6) is 0.370. The van der Waals surface area contributed by atoms with Gasteiger partial charge in [-0.25, -0.2) is 0 Å². The van der Waals surface area contributed by atoms with Gasteiger partial charge in [0.15, 0.2) is 0 Å². The van der Waals surface area contributed by atoms with Gasteiger partial charge in [0.1, 0.15) is 18.1 Å². The SMILES string of the molecule is CNC(=O)C(CCC=O)N1Cc2cc3c(cc2C1=O)C(C)(CCN)CCO3. The van der Waals surface area contributed by atoms with E-state index in [0.717, 1.165) is 36.0 Å². The molecule has 0 bridgehead atoms. The van der Waals surface area contributed by atoms with Gasteiger partial charge < -0.3 is 25.5 Å². The molecule has 2 aliphatic heterocycles. The van der Waals surface area contributed by atoms with E-state index < -0.39 is 6.04 Å². The topological polar surface area (TPSA) is 102 Å². The van der Waals surface area contributed by atoms with Crippen LogP contribution >= 0.6 is 0 Å². The number of nitrogens with one attached hydrogen (secondary N) is 1. The largest absolute Gasteiger partial charge is 0.493 e. The maximum absolute atomic E-state index is 13.1. The summed E-state index contributed by atoms with van der Waals surface area (Å²) >= 11 is 0. The normalized spacial score (nSPS) is 21.9. The number of likely N-dealkylation sites (N-methyl/N-ethyl adjacent to an activating group) is 1. The van der Waals surface area contributed by atoms with E-state index in [-0.39, 0.29) is 23.7 Å². The van der Waals surface area contributed by atoms with Gasteiger partial charge in [-0.3, -0.25) is 9.59 Å². The number of fused-ring (bicyclic) bond motifs is 2. The Balaban J connectivity index is 1.95. The molecule has 0 saturated heterocycles. The molecule has 2 atom stereocenters. The molecule has 7 heteroatoms. The Kier molecular flexibility index (Phi) is 5.51. The minimum absolute atomic E-state index is 0.122. The maximum atomic E-state index is 13.1. The summed E-state index contributed by atoms with van der Waals surface area (Å²) in [4.78, 5) is 37.7. The Morgan fingerprint density at radius 1 is 1.48 bits per heavy atom. The van der Waals surface area contributed by atoms with Crippen molar-refractivity contribution in [2.75, 3.05) is 20.2 Å². The van der Waals surface area contributed by atoms with Crippen LogP contribution in [-0.4, -0.2) is 49.2 Å². The lowest BCUT2D eigenvalue weighted by atomic mass is 9.74. The summed E-state index contributed by atoms with van der Waals surface area (Å²) in [7, 11) is 1.54. The first kappa shape index (κ1) is 19.4. The van der Waals surface area contributed by atoms with Gasteiger partial charge in [0.2, 0.25) is 5.91 Å². The molecule has 0 aromatic heterocycles. The smallest absolute Gasteiger partial charge is 0.255 e. The summed E-state index contributed by atoms with van der Waals surface area (Å²) in [6.45, 7) is 3.69. The van der Waals surface area contributed by atoms with Crippen LogP contribution in [0.1, 0.15) is 54.1 Å². The Hall–Kier alpha value is -2.41. The molecule has 0 saturated carbocycles. The van der Waals surface area contributed by atoms with E-state index in [4.69, 9.17) is 10.5 Å². The van der Waals surface area contributed by atoms with Gasteiger partial charge in [-0.2, -0.15) is 0 Å². The average molecular weight is 373 g/mol. The fourth-order valence-corrected chi connectivity index (χ4v) is 4.12. The third-order valence-corrected chi connectivity index (χ3v) is 5.78. The second kappa shape index (κ2) is 7.68. The summed E-state index contributed by atoms with van der Waals surface area (Å²) in [6, 6.07) is 3.19. The van der Waals surface area contributed by atoms with E-state index in [1.165, 1.54) is 7.05 Å². The highest BCUT2D eigenvalue weighted by Gasteiger charge is 2.40. The number of amides is 2. The van der Waals surface area contributed by atoms with Gasteiger partial charge in [-0.05, 0) is 43.5 Å². The number of aldehydes is 1. The minimum atomic E-state index is -0.659. The monoisotopic (exact) mass is 373 g/mol. The Morgan fingerprint density at radius 2 is 2.26 bits per heavy atom. The van der Waals surface area contributed by atoms with Gasteiger partial charge >= 0.3 is 0 Å². The molecule has 146 valence electrons. The molecule has 0 aliphatic carbocycles. The summed E-state index contributed by atoms with van der Waals surface area (Å²) in [5, 5.41) is 2.60. The number of hydrogen-bond donors (Lipinski definition) is 2. The first-order valence-electron chi connectivity index (χ1n) is 9.41. The van der Waals surface area contributed by atoms with E-state index >= 15 is 0 Å². The van der Waals surface area contributed by atoms with Crippen molar-refractivity contribution in [3.05, 3.63) is 28.8 Å². The second-order valence-corrected chi connectivity index (χ2v) is 7.51. The van der Waals surface area contributed by atoms with Crippen molar-refractivity contribution in [1.82, 2.24) is 10.2 Å². The van der Waals surface area contributed by atoms with Crippen LogP contribution in [-0.2, 0) is 21.5 Å². The maximum Gasteiger partial charge on any atom is 0.255 e. The number of benzene rings is 1. The predicted molar refractivity (Wildman–Crippen MR) is 101 cm³/mol. The van der Waals surface area contributed by atoms with Crippen LogP contribution in [0, 0.1) is 0 Å². The summed E-state index contributed by atoms with van der Waals surface area (Å²) in [5.41, 5.74) is 8.17. The molecule has 3 rings (SSSR count). The number of nitrogens with zero attached hydrogens (tertiary/aromatic N) is 1. The van der Waals surface area contributed by atoms with E-state index in [2.05, 4.69) is 12.2 Å². The van der Waals surface area contributed by atoms with E-state index in [1.54, 1.807) is 4.90 Å². The van der Waals surface area contributed by atoms with Crippen LogP contribution in [0.2, 0.25) is 0 Å². The van der Waals surface area contributed by atoms with Crippen molar-refractivity contribution < 1.29 is 19.1 Å². The molecule has 1 aromatic rings. The molecule has 2 aliphatic rings. The van der Waals surface area contributed by atoms with Gasteiger partial charge in [-0.15, -0.1) is 0 Å². The Morgan fingerprint density at radius 3 is 2.93 bits per heavy atom. The van der Waals surface area contributed by atoms with Crippen LogP contribution < -0.4 is 15.8 Å². The highest BCUT2D eigenvalue weighted by molar-refractivity contribution is 6.01. The molecule has 2 amide bonds. The summed E-state index contributed by atoms with van der Waals surface area (Å²) in [6.07, 6.45) is 2.99. The van der Waals surface area contributed by atoms with Gasteiger partial charge in [0.25, 0.3) is 5.91 Å². The highest BCUT2D eigenvalue weighted by Crippen LogP contribution is 2.43. The van der Waals surface area contributed by atoms with Gasteiger partial charge in [0.05, 0.1) is 6.61 Å². The Labute approximate surface area is 159 Å². The van der Waals surface area contributed by atoms with Crippen molar-refractivity contribution in [1.29, 1.82) is 0 Å². The Bertz CT molecular complexity index is 764. The molecule has 27 heavy (non-hydrogen) atoms. The van der Waals surface area contributed by atoms with Crippen LogP contribution in [0.4, 0.5) is 0 Å². The predicted octanol–water partition coefficient (Wildman–Crippen LogP) is 1.13. The lowest BCUT2D eigenvalue weighted by Crippen LogP contribution is -2.46. The lowest BCUT2D eigenvalue weighted by molar-refractivity contribution is -0.125. The highest BCUT2D eigenvalue weighted by atomic mass is 16.5. The molecular formula is C20H27N3O4. The molecular weight excluding hydrogens is 346 g/mol. The first-order valence-corrected chi connectivity index (χ1v) is 9.41. The third-order valence-electron chi connectivity index (χ3n) is 5.78. The van der Waals surface area contributed by atoms with Crippen LogP contribution in [0.3, 0.4) is 0 Å². The number of ether oxygens (including phenoxy) is 1. The zero-order chi connectivity index (χ0) is 19.6. The van der Waals surface area contributed by atoms with Crippen molar-refractivity contribution in [3.8, 4) is 5.75 Å². The van der Waals surface area contributed by atoms with Crippen molar-refractivity contribution in [2.24, 2.45) is 5.73 Å². The second-order valence-electron chi connectivity index (χ2n) is 7.51. The average Bonchev–Trinajstić information content (AvgIpc) is 2.97. The van der Waals surface area contributed by atoms with E-state index in [1.807, 2.05) is 12.1 Å². The molecule has 0 radical (unpaired) electrons. The fraction of sp³-hybridized carbons (Fsp3) is 0.550.